The third-order valence-corrected chi connectivity index (χ3v) is 4.69. The molecule has 0 atom stereocenters. The second-order valence-electron chi connectivity index (χ2n) is 5.40. The van der Waals surface area contributed by atoms with Gasteiger partial charge in [-0.1, -0.05) is 11.8 Å². The monoisotopic (exact) mass is 365 g/mol. The number of nitrogens with zero attached hydrogens (tertiary/aromatic N) is 2. The van der Waals surface area contributed by atoms with Gasteiger partial charge in [-0.15, -0.1) is 8.78 Å². The average Bonchev–Trinajstić information content (AvgIpc) is 3.08. The highest BCUT2D eigenvalue weighted by Crippen LogP contribution is 2.43. The van der Waals surface area contributed by atoms with Crippen LogP contribution in [-0.2, 0) is 5.75 Å². The molecular formula is C16H13F2N3O3S. The van der Waals surface area contributed by atoms with Crippen LogP contribution < -0.4 is 14.2 Å². The molecule has 0 saturated heterocycles. The van der Waals surface area contributed by atoms with Gasteiger partial charge < -0.3 is 19.2 Å². The van der Waals surface area contributed by atoms with Crippen LogP contribution in [-0.4, -0.2) is 28.4 Å². The lowest BCUT2D eigenvalue weighted by atomic mass is 10.2. The summed E-state index contributed by atoms with van der Waals surface area (Å²) in [5.41, 5.74) is 2.98. The summed E-state index contributed by atoms with van der Waals surface area (Å²) in [7, 11) is 1.62. The summed E-state index contributed by atoms with van der Waals surface area (Å²) in [6.07, 6.45) is -1.94. The van der Waals surface area contributed by atoms with E-state index in [2.05, 4.69) is 24.4 Å². The van der Waals surface area contributed by atoms with E-state index in [-0.39, 0.29) is 11.5 Å². The Kier molecular flexibility index (Phi) is 3.68. The number of aromatic amines is 1. The van der Waals surface area contributed by atoms with Crippen LogP contribution in [0.3, 0.4) is 0 Å². The molecule has 0 radical (unpaired) electrons. The molecule has 2 aromatic heterocycles. The molecule has 1 aromatic carbocycles. The third kappa shape index (κ3) is 2.95. The Balaban J connectivity index is 1.56. The Hall–Kier alpha value is -2.55. The largest absolute Gasteiger partial charge is 0.586 e. The molecule has 0 bridgehead atoms. The van der Waals surface area contributed by atoms with Crippen LogP contribution in [0.15, 0.2) is 29.6 Å². The fourth-order valence-corrected chi connectivity index (χ4v) is 3.47. The molecule has 9 heteroatoms. The maximum absolute atomic E-state index is 13.1. The molecule has 0 fully saturated rings. The number of ether oxygens (including phenoxy) is 3. The molecule has 1 aliphatic heterocycles. The molecule has 130 valence electrons. The molecule has 1 aliphatic rings. The molecule has 1 N–H and O–H groups in total. The first-order chi connectivity index (χ1) is 11.9. The van der Waals surface area contributed by atoms with Crippen LogP contribution in [0, 0.1) is 6.92 Å². The average molecular weight is 365 g/mol. The lowest BCUT2D eigenvalue weighted by Crippen LogP contribution is -2.25. The summed E-state index contributed by atoms with van der Waals surface area (Å²) in [6, 6.07) is 4.70. The van der Waals surface area contributed by atoms with E-state index in [0.29, 0.717) is 21.9 Å². The molecule has 0 spiro atoms. The van der Waals surface area contributed by atoms with Crippen molar-refractivity contribution in [3.05, 3.63) is 35.7 Å². The Bertz CT molecular complexity index is 916. The molecule has 6 nitrogen and oxygen atoms in total. The summed E-state index contributed by atoms with van der Waals surface area (Å²) in [4.78, 5) is 11.8. The van der Waals surface area contributed by atoms with Crippen molar-refractivity contribution >= 4 is 22.8 Å². The first-order valence-electron chi connectivity index (χ1n) is 7.36. The quantitative estimate of drug-likeness (QED) is 0.708. The van der Waals surface area contributed by atoms with Crippen LogP contribution in [0.25, 0.3) is 11.0 Å². The number of methoxy groups -OCH3 is 1. The number of nitrogens with one attached hydrogen (secondary N) is 1. The second kappa shape index (κ2) is 5.76. The van der Waals surface area contributed by atoms with Gasteiger partial charge in [-0.2, -0.15) is 0 Å². The van der Waals surface area contributed by atoms with Crippen LogP contribution in [0.2, 0.25) is 0 Å². The zero-order valence-corrected chi connectivity index (χ0v) is 14.1. The number of thioether (sulfide) groups is 1. The SMILES string of the molecule is COc1ccnc(CSc2nc3cc4c(cc3[nH]2)OC(F)(F)O4)c1C. The van der Waals surface area contributed by atoms with Gasteiger partial charge in [0.25, 0.3) is 0 Å². The summed E-state index contributed by atoms with van der Waals surface area (Å²) >= 11 is 1.46. The highest BCUT2D eigenvalue weighted by atomic mass is 32.2. The van der Waals surface area contributed by atoms with E-state index in [1.165, 1.54) is 23.9 Å². The van der Waals surface area contributed by atoms with Crippen molar-refractivity contribution in [3.63, 3.8) is 0 Å². The number of hydrogen-bond donors (Lipinski definition) is 1. The summed E-state index contributed by atoms with van der Waals surface area (Å²) in [5, 5.41) is 0.648. The van der Waals surface area contributed by atoms with E-state index in [0.717, 1.165) is 17.0 Å². The lowest BCUT2D eigenvalue weighted by Gasteiger charge is -2.08. The van der Waals surface area contributed by atoms with Gasteiger partial charge in [0.1, 0.15) is 5.75 Å². The fourth-order valence-electron chi connectivity index (χ4n) is 2.56. The first-order valence-corrected chi connectivity index (χ1v) is 8.34. The Labute approximate surface area is 145 Å². The summed E-state index contributed by atoms with van der Waals surface area (Å²) in [6.45, 7) is 1.94. The van der Waals surface area contributed by atoms with Crippen molar-refractivity contribution in [3.8, 4) is 17.2 Å². The number of benzene rings is 1. The van der Waals surface area contributed by atoms with Gasteiger partial charge in [-0.05, 0) is 13.0 Å². The number of rotatable bonds is 4. The Morgan fingerprint density at radius 1 is 1.28 bits per heavy atom. The van der Waals surface area contributed by atoms with Gasteiger partial charge >= 0.3 is 6.29 Å². The van der Waals surface area contributed by atoms with E-state index >= 15 is 0 Å². The highest BCUT2D eigenvalue weighted by molar-refractivity contribution is 7.98. The number of aromatic nitrogens is 3. The number of fused-ring (bicyclic) bond motifs is 2. The van der Waals surface area contributed by atoms with Crippen molar-refractivity contribution in [1.29, 1.82) is 0 Å². The zero-order valence-electron chi connectivity index (χ0n) is 13.3. The second-order valence-corrected chi connectivity index (χ2v) is 6.36. The normalized spacial score (nSPS) is 14.9. The van der Waals surface area contributed by atoms with Crippen molar-refractivity contribution in [2.75, 3.05) is 7.11 Å². The van der Waals surface area contributed by atoms with Gasteiger partial charge in [0, 0.05) is 29.6 Å². The topological polar surface area (TPSA) is 69.3 Å². The van der Waals surface area contributed by atoms with Gasteiger partial charge in [-0.3, -0.25) is 4.98 Å². The highest BCUT2D eigenvalue weighted by Gasteiger charge is 2.43. The number of halogens is 2. The van der Waals surface area contributed by atoms with E-state index < -0.39 is 6.29 Å². The standard InChI is InChI=1S/C16H13F2N3O3S/c1-8-11(19-4-3-12(8)22-2)7-25-15-20-9-5-13-14(6-10(9)21-15)24-16(17,18)23-13/h3-6H,7H2,1-2H3,(H,20,21). The number of pyridine rings is 1. The maximum atomic E-state index is 13.1. The Morgan fingerprint density at radius 2 is 2.04 bits per heavy atom. The van der Waals surface area contributed by atoms with Crippen LogP contribution in [0.1, 0.15) is 11.3 Å². The van der Waals surface area contributed by atoms with Gasteiger partial charge in [0.15, 0.2) is 16.7 Å². The van der Waals surface area contributed by atoms with Crippen molar-refractivity contribution in [2.24, 2.45) is 0 Å². The maximum Gasteiger partial charge on any atom is 0.586 e. The molecule has 25 heavy (non-hydrogen) atoms. The van der Waals surface area contributed by atoms with E-state index in [1.54, 1.807) is 13.3 Å². The number of hydrogen-bond acceptors (Lipinski definition) is 6. The van der Waals surface area contributed by atoms with Crippen LogP contribution >= 0.6 is 11.8 Å². The van der Waals surface area contributed by atoms with Crippen molar-refractivity contribution in [1.82, 2.24) is 15.0 Å². The molecule has 3 aromatic rings. The minimum atomic E-state index is -3.63. The first kappa shape index (κ1) is 15.9. The number of alkyl halides is 2. The molecule has 0 unspecified atom stereocenters. The molecule has 0 amide bonds. The summed E-state index contributed by atoms with van der Waals surface area (Å²) in [5.74, 6) is 1.34. The van der Waals surface area contributed by atoms with Crippen molar-refractivity contribution in [2.45, 2.75) is 24.1 Å². The number of imidazole rings is 1. The van der Waals surface area contributed by atoms with E-state index in [1.807, 2.05) is 13.0 Å². The molecular weight excluding hydrogens is 352 g/mol. The summed E-state index contributed by atoms with van der Waals surface area (Å²) < 4.78 is 40.3. The lowest BCUT2D eigenvalue weighted by molar-refractivity contribution is -0.286. The Morgan fingerprint density at radius 3 is 2.80 bits per heavy atom. The van der Waals surface area contributed by atoms with Crippen LogP contribution in [0.4, 0.5) is 8.78 Å². The van der Waals surface area contributed by atoms with Crippen molar-refractivity contribution < 1.29 is 23.0 Å². The minimum Gasteiger partial charge on any atom is -0.496 e. The van der Waals surface area contributed by atoms with E-state index in [9.17, 15) is 8.78 Å². The smallest absolute Gasteiger partial charge is 0.496 e. The predicted molar refractivity (Wildman–Crippen MR) is 87.4 cm³/mol. The predicted octanol–water partition coefficient (Wildman–Crippen LogP) is 3.89. The molecule has 3 heterocycles. The van der Waals surface area contributed by atoms with Gasteiger partial charge in [0.05, 0.1) is 23.8 Å². The third-order valence-electron chi connectivity index (χ3n) is 3.81. The molecule has 4 rings (SSSR count). The fraction of sp³-hybridized carbons (Fsp3) is 0.250. The molecule has 0 saturated carbocycles. The number of H-pyrrole nitrogens is 1. The minimum absolute atomic E-state index is 0.0111. The zero-order chi connectivity index (χ0) is 17.6. The van der Waals surface area contributed by atoms with Gasteiger partial charge in [0.2, 0.25) is 0 Å². The molecule has 0 aliphatic carbocycles. The van der Waals surface area contributed by atoms with Crippen LogP contribution in [0.5, 0.6) is 17.2 Å². The van der Waals surface area contributed by atoms with Gasteiger partial charge in [-0.25, -0.2) is 4.98 Å². The van der Waals surface area contributed by atoms with E-state index in [4.69, 9.17) is 4.74 Å².